The summed E-state index contributed by atoms with van der Waals surface area (Å²) in [7, 11) is 0. The van der Waals surface area contributed by atoms with Crippen molar-refractivity contribution >= 4 is 6.03 Å². The maximum atomic E-state index is 13.8. The third-order valence-electron chi connectivity index (χ3n) is 3.94. The first kappa shape index (κ1) is 16.4. The molecule has 0 bridgehead atoms. The Balaban J connectivity index is 1.80. The molecule has 0 saturated carbocycles. The number of carbonyl (C=O) groups is 1. The summed E-state index contributed by atoms with van der Waals surface area (Å²) in [4.78, 5) is 18.0. The highest BCUT2D eigenvalue weighted by Crippen LogP contribution is 2.32. The fourth-order valence-electron chi connectivity index (χ4n) is 2.75. The molecule has 2 heterocycles. The zero-order chi connectivity index (χ0) is 17.1. The molecule has 1 aliphatic heterocycles. The molecule has 1 atom stereocenters. The van der Waals surface area contributed by atoms with Crippen molar-refractivity contribution in [1.29, 1.82) is 0 Å². The van der Waals surface area contributed by atoms with Crippen molar-refractivity contribution in [2.24, 2.45) is 0 Å². The quantitative estimate of drug-likeness (QED) is 0.930. The van der Waals surface area contributed by atoms with Crippen LogP contribution in [0, 0.1) is 11.6 Å². The summed E-state index contributed by atoms with van der Waals surface area (Å²) >= 11 is 0. The van der Waals surface area contributed by atoms with Crippen molar-refractivity contribution in [2.45, 2.75) is 32.2 Å². The smallest absolute Gasteiger partial charge is 0.318 e. The van der Waals surface area contributed by atoms with Gasteiger partial charge in [-0.2, -0.15) is 4.98 Å². The Hall–Kier alpha value is -2.51. The predicted octanol–water partition coefficient (Wildman–Crippen LogP) is 3.27. The Kier molecular flexibility index (Phi) is 4.73. The van der Waals surface area contributed by atoms with Crippen LogP contribution in [0.3, 0.4) is 0 Å². The van der Waals surface area contributed by atoms with E-state index in [0.717, 1.165) is 25.0 Å². The average Bonchev–Trinajstić information content (AvgIpc) is 3.21. The Labute approximate surface area is 137 Å². The molecule has 1 aliphatic rings. The zero-order valence-corrected chi connectivity index (χ0v) is 13.3. The van der Waals surface area contributed by atoms with Crippen LogP contribution in [0.1, 0.15) is 38.1 Å². The minimum Gasteiger partial charge on any atom is -0.338 e. The van der Waals surface area contributed by atoms with E-state index in [4.69, 9.17) is 4.52 Å². The summed E-state index contributed by atoms with van der Waals surface area (Å²) in [5, 5.41) is 6.59. The molecule has 0 unspecified atom stereocenters. The van der Waals surface area contributed by atoms with E-state index in [1.54, 1.807) is 4.90 Å². The first-order valence-electron chi connectivity index (χ1n) is 7.93. The summed E-state index contributed by atoms with van der Waals surface area (Å²) in [6.07, 6.45) is 2.37. The van der Waals surface area contributed by atoms with Gasteiger partial charge in [-0.15, -0.1) is 0 Å². The van der Waals surface area contributed by atoms with Crippen LogP contribution in [0.15, 0.2) is 22.7 Å². The average molecular weight is 336 g/mol. The van der Waals surface area contributed by atoms with Crippen molar-refractivity contribution in [1.82, 2.24) is 20.4 Å². The van der Waals surface area contributed by atoms with Gasteiger partial charge in [0.15, 0.2) is 0 Å². The fourth-order valence-corrected chi connectivity index (χ4v) is 2.75. The van der Waals surface area contributed by atoms with Gasteiger partial charge >= 0.3 is 6.03 Å². The van der Waals surface area contributed by atoms with Crippen LogP contribution in [-0.2, 0) is 0 Å². The second kappa shape index (κ2) is 6.94. The van der Waals surface area contributed by atoms with E-state index >= 15 is 0 Å². The maximum absolute atomic E-state index is 13.8. The van der Waals surface area contributed by atoms with E-state index in [1.807, 2.05) is 6.92 Å². The van der Waals surface area contributed by atoms with E-state index in [1.165, 1.54) is 6.07 Å². The Morgan fingerprint density at radius 1 is 1.46 bits per heavy atom. The summed E-state index contributed by atoms with van der Waals surface area (Å²) < 4.78 is 32.1. The molecular formula is C16H18F2N4O2. The lowest BCUT2D eigenvalue weighted by Gasteiger charge is -2.22. The highest BCUT2D eigenvalue weighted by Gasteiger charge is 2.34. The van der Waals surface area contributed by atoms with Gasteiger partial charge in [-0.1, -0.05) is 12.1 Å². The van der Waals surface area contributed by atoms with Gasteiger partial charge in [0.1, 0.15) is 17.7 Å². The van der Waals surface area contributed by atoms with Crippen molar-refractivity contribution in [3.8, 4) is 11.4 Å². The number of halogens is 2. The molecule has 6 nitrogen and oxygen atoms in total. The summed E-state index contributed by atoms with van der Waals surface area (Å²) in [6.45, 7) is 3.17. The molecule has 1 saturated heterocycles. The SMILES string of the molecule is CCCNC(=O)N1CCC[C@H]1c1nc(-c2ccc(F)cc2F)no1. The van der Waals surface area contributed by atoms with E-state index in [-0.39, 0.29) is 29.4 Å². The predicted molar refractivity (Wildman–Crippen MR) is 82.0 cm³/mol. The van der Waals surface area contributed by atoms with Gasteiger partial charge in [-0.25, -0.2) is 13.6 Å². The van der Waals surface area contributed by atoms with Crippen LogP contribution in [0.25, 0.3) is 11.4 Å². The number of aromatic nitrogens is 2. The first-order chi connectivity index (χ1) is 11.6. The number of nitrogens with one attached hydrogen (secondary N) is 1. The maximum Gasteiger partial charge on any atom is 0.318 e. The topological polar surface area (TPSA) is 71.3 Å². The van der Waals surface area contributed by atoms with Gasteiger partial charge < -0.3 is 14.7 Å². The van der Waals surface area contributed by atoms with Crippen LogP contribution in [-0.4, -0.2) is 34.2 Å². The molecule has 8 heteroatoms. The van der Waals surface area contributed by atoms with Crippen molar-refractivity contribution in [3.05, 3.63) is 35.7 Å². The third-order valence-corrected chi connectivity index (χ3v) is 3.94. The molecule has 3 rings (SSSR count). The summed E-state index contributed by atoms with van der Waals surface area (Å²) in [6, 6.07) is 2.67. The van der Waals surface area contributed by atoms with Crippen LogP contribution < -0.4 is 5.32 Å². The minimum atomic E-state index is -0.758. The number of rotatable bonds is 4. The van der Waals surface area contributed by atoms with Crippen LogP contribution in [0.5, 0.6) is 0 Å². The fraction of sp³-hybridized carbons (Fsp3) is 0.438. The van der Waals surface area contributed by atoms with E-state index in [2.05, 4.69) is 15.5 Å². The number of hydrogen-bond donors (Lipinski definition) is 1. The molecule has 128 valence electrons. The summed E-state index contributed by atoms with van der Waals surface area (Å²) in [5.74, 6) is -1.12. The zero-order valence-electron chi connectivity index (χ0n) is 13.3. The largest absolute Gasteiger partial charge is 0.338 e. The highest BCUT2D eigenvalue weighted by atomic mass is 19.1. The van der Waals surface area contributed by atoms with Gasteiger partial charge in [-0.05, 0) is 31.4 Å². The molecule has 0 aliphatic carbocycles. The number of carbonyl (C=O) groups excluding carboxylic acids is 1. The minimum absolute atomic E-state index is 0.0447. The lowest BCUT2D eigenvalue weighted by Crippen LogP contribution is -2.39. The number of amides is 2. The van der Waals surface area contributed by atoms with Crippen LogP contribution in [0.2, 0.25) is 0 Å². The second-order valence-electron chi connectivity index (χ2n) is 5.66. The number of nitrogens with zero attached hydrogens (tertiary/aromatic N) is 3. The lowest BCUT2D eigenvalue weighted by molar-refractivity contribution is 0.180. The van der Waals surface area contributed by atoms with Gasteiger partial charge in [0, 0.05) is 19.2 Å². The van der Waals surface area contributed by atoms with E-state index in [0.29, 0.717) is 19.5 Å². The van der Waals surface area contributed by atoms with Gasteiger partial charge in [-0.3, -0.25) is 0 Å². The van der Waals surface area contributed by atoms with Gasteiger partial charge in [0.25, 0.3) is 0 Å². The van der Waals surface area contributed by atoms with Crippen LogP contribution >= 0.6 is 0 Å². The number of urea groups is 1. The summed E-state index contributed by atoms with van der Waals surface area (Å²) in [5.41, 5.74) is 0.0615. The number of hydrogen-bond acceptors (Lipinski definition) is 4. The molecule has 1 aromatic carbocycles. The molecule has 1 fully saturated rings. The molecule has 0 spiro atoms. The standard InChI is InChI=1S/C16H18F2N4O2/c1-2-7-19-16(23)22-8-3-4-13(22)15-20-14(21-24-15)11-6-5-10(17)9-12(11)18/h5-6,9,13H,2-4,7-8H2,1H3,(H,19,23)/t13-/m0/s1. The molecular weight excluding hydrogens is 318 g/mol. The van der Waals surface area contributed by atoms with Crippen molar-refractivity contribution in [3.63, 3.8) is 0 Å². The molecule has 1 aromatic heterocycles. The third kappa shape index (κ3) is 3.22. The molecule has 2 aromatic rings. The first-order valence-corrected chi connectivity index (χ1v) is 7.93. The van der Waals surface area contributed by atoms with Crippen molar-refractivity contribution < 1.29 is 18.1 Å². The molecule has 0 radical (unpaired) electrons. The monoisotopic (exact) mass is 336 g/mol. The van der Waals surface area contributed by atoms with E-state index in [9.17, 15) is 13.6 Å². The van der Waals surface area contributed by atoms with Gasteiger partial charge in [0.2, 0.25) is 11.7 Å². The molecule has 24 heavy (non-hydrogen) atoms. The highest BCUT2D eigenvalue weighted by molar-refractivity contribution is 5.74. The lowest BCUT2D eigenvalue weighted by atomic mass is 10.2. The Bertz CT molecular complexity index is 735. The second-order valence-corrected chi connectivity index (χ2v) is 5.66. The number of benzene rings is 1. The van der Waals surface area contributed by atoms with Gasteiger partial charge in [0.05, 0.1) is 5.56 Å². The normalized spacial score (nSPS) is 17.3. The van der Waals surface area contributed by atoms with E-state index < -0.39 is 11.6 Å². The molecule has 2 amide bonds. The Morgan fingerprint density at radius 3 is 3.04 bits per heavy atom. The number of likely N-dealkylation sites (tertiary alicyclic amines) is 1. The molecule has 1 N–H and O–H groups in total. The van der Waals surface area contributed by atoms with Crippen molar-refractivity contribution in [2.75, 3.05) is 13.1 Å². The van der Waals surface area contributed by atoms with Crippen LogP contribution in [0.4, 0.5) is 13.6 Å². The Morgan fingerprint density at radius 2 is 2.29 bits per heavy atom.